The number of hydrogen-bond acceptors (Lipinski definition) is 3. The van der Waals surface area contributed by atoms with Gasteiger partial charge in [-0.1, -0.05) is 0 Å². The molecule has 1 rings (SSSR count). The second-order valence-electron chi connectivity index (χ2n) is 2.49. The van der Waals surface area contributed by atoms with E-state index >= 15 is 0 Å². The van der Waals surface area contributed by atoms with E-state index in [1.165, 1.54) is 0 Å². The second-order valence-corrected chi connectivity index (χ2v) is 2.49. The van der Waals surface area contributed by atoms with Crippen LogP contribution in [-0.4, -0.2) is 37.5 Å². The molecule has 0 aliphatic carbocycles. The van der Waals surface area contributed by atoms with Gasteiger partial charge < -0.3 is 15.2 Å². The van der Waals surface area contributed by atoms with Gasteiger partial charge in [0.2, 0.25) is 0 Å². The lowest BCUT2D eigenvalue weighted by atomic mass is 10.0. The van der Waals surface area contributed by atoms with Crippen molar-refractivity contribution < 1.29 is 9.84 Å². The van der Waals surface area contributed by atoms with Crippen molar-refractivity contribution in [2.75, 3.05) is 26.9 Å². The monoisotopic (exact) mass is 131 g/mol. The summed E-state index contributed by atoms with van der Waals surface area (Å²) in [5.41, 5.74) is -0.139. The van der Waals surface area contributed by atoms with Gasteiger partial charge >= 0.3 is 0 Å². The van der Waals surface area contributed by atoms with E-state index in [1.807, 2.05) is 7.05 Å². The molecule has 3 heteroatoms. The van der Waals surface area contributed by atoms with Gasteiger partial charge in [-0.15, -0.1) is 0 Å². The molecule has 2 N–H and O–H groups in total. The van der Waals surface area contributed by atoms with E-state index < -0.39 is 0 Å². The van der Waals surface area contributed by atoms with E-state index in [4.69, 9.17) is 9.84 Å². The van der Waals surface area contributed by atoms with Crippen LogP contribution in [0.1, 0.15) is 6.42 Å². The van der Waals surface area contributed by atoms with Crippen molar-refractivity contribution in [3.63, 3.8) is 0 Å². The summed E-state index contributed by atoms with van der Waals surface area (Å²) < 4.78 is 5.12. The lowest BCUT2D eigenvalue weighted by Crippen LogP contribution is -2.46. The topological polar surface area (TPSA) is 41.5 Å². The van der Waals surface area contributed by atoms with E-state index in [1.54, 1.807) is 0 Å². The van der Waals surface area contributed by atoms with Gasteiger partial charge in [0.25, 0.3) is 0 Å². The summed E-state index contributed by atoms with van der Waals surface area (Å²) in [5.74, 6) is 0. The summed E-state index contributed by atoms with van der Waals surface area (Å²) in [4.78, 5) is 0. The molecule has 1 fully saturated rings. The summed E-state index contributed by atoms with van der Waals surface area (Å²) in [6.45, 7) is 1.57. The number of ether oxygens (including phenoxy) is 1. The molecule has 1 heterocycles. The van der Waals surface area contributed by atoms with Crippen molar-refractivity contribution in [1.82, 2.24) is 5.32 Å². The fraction of sp³-hybridized carbons (Fsp3) is 1.00. The third kappa shape index (κ3) is 1.23. The predicted octanol–water partition coefficient (Wildman–Crippen LogP) is -0.643. The zero-order valence-corrected chi connectivity index (χ0v) is 5.68. The molecule has 0 saturated carbocycles. The van der Waals surface area contributed by atoms with Crippen molar-refractivity contribution in [3.8, 4) is 0 Å². The number of aliphatic hydroxyl groups excluding tert-OH is 1. The first-order chi connectivity index (χ1) is 4.33. The Balaban J connectivity index is 2.45. The molecule has 1 aliphatic rings. The van der Waals surface area contributed by atoms with Crippen LogP contribution < -0.4 is 5.32 Å². The molecule has 0 bridgehead atoms. The maximum Gasteiger partial charge on any atom is 0.0671 e. The highest BCUT2D eigenvalue weighted by Crippen LogP contribution is 2.16. The van der Waals surface area contributed by atoms with Crippen molar-refractivity contribution in [1.29, 1.82) is 0 Å². The average Bonchev–Trinajstić information content (AvgIpc) is 2.36. The van der Waals surface area contributed by atoms with Gasteiger partial charge in [-0.3, -0.25) is 0 Å². The van der Waals surface area contributed by atoms with Crippen LogP contribution in [0.2, 0.25) is 0 Å². The number of nitrogens with one attached hydrogen (secondary N) is 1. The SMILES string of the molecule is CNC1(CO)CCOC1. The first-order valence-corrected chi connectivity index (χ1v) is 3.20. The minimum Gasteiger partial charge on any atom is -0.394 e. The van der Waals surface area contributed by atoms with E-state index in [9.17, 15) is 0 Å². The number of hydrogen-bond donors (Lipinski definition) is 2. The highest BCUT2D eigenvalue weighted by atomic mass is 16.5. The first kappa shape index (κ1) is 6.99. The summed E-state index contributed by atoms with van der Waals surface area (Å²) >= 11 is 0. The first-order valence-electron chi connectivity index (χ1n) is 3.20. The van der Waals surface area contributed by atoms with Crippen LogP contribution in [-0.2, 0) is 4.74 Å². The molecule has 0 amide bonds. The number of rotatable bonds is 2. The van der Waals surface area contributed by atoms with Gasteiger partial charge in [0, 0.05) is 6.61 Å². The van der Waals surface area contributed by atoms with Gasteiger partial charge in [0.1, 0.15) is 0 Å². The zero-order chi connectivity index (χ0) is 6.74. The van der Waals surface area contributed by atoms with Crippen LogP contribution in [0.4, 0.5) is 0 Å². The largest absolute Gasteiger partial charge is 0.394 e. The number of aliphatic hydroxyl groups is 1. The Morgan fingerprint density at radius 3 is 2.78 bits per heavy atom. The lowest BCUT2D eigenvalue weighted by molar-refractivity contribution is 0.126. The zero-order valence-electron chi connectivity index (χ0n) is 5.68. The maximum absolute atomic E-state index is 8.87. The molecule has 1 unspecified atom stereocenters. The van der Waals surface area contributed by atoms with Crippen molar-refractivity contribution in [3.05, 3.63) is 0 Å². The molecule has 9 heavy (non-hydrogen) atoms. The maximum atomic E-state index is 8.87. The smallest absolute Gasteiger partial charge is 0.0671 e. The quantitative estimate of drug-likeness (QED) is 0.523. The molecular formula is C6H13NO2. The molecular weight excluding hydrogens is 118 g/mol. The van der Waals surface area contributed by atoms with Crippen molar-refractivity contribution in [2.45, 2.75) is 12.0 Å². The van der Waals surface area contributed by atoms with E-state index in [2.05, 4.69) is 5.32 Å². The Morgan fingerprint density at radius 2 is 2.56 bits per heavy atom. The van der Waals surface area contributed by atoms with Crippen LogP contribution in [0.5, 0.6) is 0 Å². The van der Waals surface area contributed by atoms with Crippen LogP contribution in [0.25, 0.3) is 0 Å². The summed E-state index contributed by atoms with van der Waals surface area (Å²) in [6.07, 6.45) is 0.917. The minimum absolute atomic E-state index is 0.139. The lowest BCUT2D eigenvalue weighted by Gasteiger charge is -2.23. The van der Waals surface area contributed by atoms with Crippen LogP contribution >= 0.6 is 0 Å². The molecule has 0 spiro atoms. The van der Waals surface area contributed by atoms with E-state index in [-0.39, 0.29) is 12.1 Å². The molecule has 3 nitrogen and oxygen atoms in total. The van der Waals surface area contributed by atoms with Gasteiger partial charge in [0.05, 0.1) is 18.8 Å². The Labute approximate surface area is 55.0 Å². The predicted molar refractivity (Wildman–Crippen MR) is 34.3 cm³/mol. The van der Waals surface area contributed by atoms with Crippen molar-refractivity contribution in [2.24, 2.45) is 0 Å². The molecule has 0 aromatic heterocycles. The molecule has 54 valence electrons. The molecule has 1 aliphatic heterocycles. The van der Waals surface area contributed by atoms with Crippen LogP contribution in [0.3, 0.4) is 0 Å². The van der Waals surface area contributed by atoms with Gasteiger partial charge in [-0.2, -0.15) is 0 Å². The highest BCUT2D eigenvalue weighted by molar-refractivity contribution is 4.89. The van der Waals surface area contributed by atoms with Gasteiger partial charge in [-0.25, -0.2) is 0 Å². The minimum atomic E-state index is -0.139. The molecule has 0 aromatic carbocycles. The molecule has 1 atom stereocenters. The van der Waals surface area contributed by atoms with Crippen molar-refractivity contribution >= 4 is 0 Å². The van der Waals surface area contributed by atoms with Crippen LogP contribution in [0, 0.1) is 0 Å². The standard InChI is InChI=1S/C6H13NO2/c1-7-6(4-8)2-3-9-5-6/h7-8H,2-5H2,1H3. The van der Waals surface area contributed by atoms with Gasteiger partial charge in [0.15, 0.2) is 0 Å². The summed E-state index contributed by atoms with van der Waals surface area (Å²) in [6, 6.07) is 0. The third-order valence-corrected chi connectivity index (χ3v) is 1.94. The Hall–Kier alpha value is -0.120. The molecule has 0 aromatic rings. The second kappa shape index (κ2) is 2.64. The average molecular weight is 131 g/mol. The molecule has 1 saturated heterocycles. The van der Waals surface area contributed by atoms with E-state index in [0.29, 0.717) is 6.61 Å². The normalized spacial score (nSPS) is 35.3. The Morgan fingerprint density at radius 1 is 1.78 bits per heavy atom. The highest BCUT2D eigenvalue weighted by Gasteiger charge is 2.31. The number of likely N-dealkylation sites (N-methyl/N-ethyl adjacent to an activating group) is 1. The third-order valence-electron chi connectivity index (χ3n) is 1.94. The molecule has 0 radical (unpaired) electrons. The Kier molecular flexibility index (Phi) is 2.05. The fourth-order valence-corrected chi connectivity index (χ4v) is 1.01. The fourth-order valence-electron chi connectivity index (χ4n) is 1.01. The summed E-state index contributed by atoms with van der Waals surface area (Å²) in [7, 11) is 1.85. The van der Waals surface area contributed by atoms with E-state index in [0.717, 1.165) is 13.0 Å². The summed E-state index contributed by atoms with van der Waals surface area (Å²) in [5, 5.41) is 11.9. The van der Waals surface area contributed by atoms with Gasteiger partial charge in [-0.05, 0) is 13.5 Å². The Bertz CT molecular complexity index is 83.1. The van der Waals surface area contributed by atoms with Crippen LogP contribution in [0.15, 0.2) is 0 Å².